The third-order valence-electron chi connectivity index (χ3n) is 2.37. The van der Waals surface area contributed by atoms with Crippen LogP contribution in [0.25, 0.3) is 11.2 Å². The van der Waals surface area contributed by atoms with E-state index in [1.807, 2.05) is 0 Å². The molecule has 0 spiro atoms. The maximum absolute atomic E-state index is 11.6. The van der Waals surface area contributed by atoms with Crippen LogP contribution >= 0.6 is 7.60 Å². The monoisotopic (exact) mass is 297 g/mol. The minimum atomic E-state index is -4.23. The smallest absolute Gasteiger partial charge is 0.349 e. The average Bonchev–Trinajstić information content (AvgIpc) is 2.69. The van der Waals surface area contributed by atoms with Crippen molar-refractivity contribution < 1.29 is 14.4 Å². The third-order valence-corrected chi connectivity index (χ3v) is 2.91. The molecule has 9 nitrogen and oxygen atoms in total. The van der Waals surface area contributed by atoms with Gasteiger partial charge in [0.2, 0.25) is 5.95 Å². The fourth-order valence-electron chi connectivity index (χ4n) is 1.56. The van der Waals surface area contributed by atoms with E-state index in [-0.39, 0.29) is 23.7 Å². The molecule has 10 heteroatoms. The number of allylic oxidation sites excluding steroid dienone is 2. The van der Waals surface area contributed by atoms with Crippen molar-refractivity contribution in [2.24, 2.45) is 0 Å². The maximum Gasteiger partial charge on any atom is 0.349 e. The van der Waals surface area contributed by atoms with Crippen molar-refractivity contribution in [2.45, 2.75) is 6.54 Å². The summed E-state index contributed by atoms with van der Waals surface area (Å²) in [6, 6.07) is 0. The van der Waals surface area contributed by atoms with Gasteiger partial charge in [-0.2, -0.15) is 4.98 Å². The Balaban J connectivity index is 2.31. The van der Waals surface area contributed by atoms with Crippen LogP contribution in [0.15, 0.2) is 35.2 Å². The lowest BCUT2D eigenvalue weighted by Crippen LogP contribution is -2.12. The summed E-state index contributed by atoms with van der Waals surface area (Å²) in [5, 5.41) is 0. The Labute approximate surface area is 112 Å². The molecule has 0 saturated carbocycles. The number of aromatic amines is 1. The van der Waals surface area contributed by atoms with E-state index in [1.165, 1.54) is 17.0 Å². The SMILES string of the molecule is C=C(/C=C/P(=O)(O)O)Cn1cnc2c(=O)[nH]c(N)nc21. The van der Waals surface area contributed by atoms with E-state index in [9.17, 15) is 9.36 Å². The van der Waals surface area contributed by atoms with Gasteiger partial charge in [0.05, 0.1) is 6.33 Å². The van der Waals surface area contributed by atoms with Crippen molar-refractivity contribution in [1.29, 1.82) is 0 Å². The minimum absolute atomic E-state index is 0.0411. The van der Waals surface area contributed by atoms with Crippen molar-refractivity contribution in [2.75, 3.05) is 5.73 Å². The van der Waals surface area contributed by atoms with Crippen LogP contribution < -0.4 is 11.3 Å². The molecule has 0 aliphatic heterocycles. The van der Waals surface area contributed by atoms with Gasteiger partial charge in [0, 0.05) is 12.4 Å². The highest BCUT2D eigenvalue weighted by Crippen LogP contribution is 2.36. The molecule has 20 heavy (non-hydrogen) atoms. The van der Waals surface area contributed by atoms with Crippen LogP contribution in [-0.2, 0) is 11.1 Å². The number of imidazole rings is 1. The van der Waals surface area contributed by atoms with Crippen LogP contribution in [0.1, 0.15) is 0 Å². The van der Waals surface area contributed by atoms with Crippen LogP contribution in [0.4, 0.5) is 5.95 Å². The summed E-state index contributed by atoms with van der Waals surface area (Å²) in [5.74, 6) is 0.712. The molecule has 0 atom stereocenters. The topological polar surface area (TPSA) is 147 Å². The van der Waals surface area contributed by atoms with Crippen molar-refractivity contribution in [3.05, 3.63) is 40.7 Å². The predicted molar refractivity (Wildman–Crippen MR) is 72.9 cm³/mol. The van der Waals surface area contributed by atoms with Gasteiger partial charge < -0.3 is 20.1 Å². The van der Waals surface area contributed by atoms with Crippen LogP contribution in [0, 0.1) is 0 Å². The lowest BCUT2D eigenvalue weighted by Gasteiger charge is -2.04. The number of nitrogen functional groups attached to an aromatic ring is 1. The van der Waals surface area contributed by atoms with Crippen LogP contribution in [-0.4, -0.2) is 29.3 Å². The first-order valence-corrected chi connectivity index (χ1v) is 7.07. The van der Waals surface area contributed by atoms with Crippen molar-refractivity contribution in [3.8, 4) is 0 Å². The van der Waals surface area contributed by atoms with Gasteiger partial charge in [-0.1, -0.05) is 6.58 Å². The highest BCUT2D eigenvalue weighted by atomic mass is 31.2. The van der Waals surface area contributed by atoms with Gasteiger partial charge in [-0.15, -0.1) is 0 Å². The lowest BCUT2D eigenvalue weighted by molar-refractivity contribution is 0.386. The van der Waals surface area contributed by atoms with E-state index < -0.39 is 13.2 Å². The number of nitrogens with zero attached hydrogens (tertiary/aromatic N) is 3. The Kier molecular flexibility index (Phi) is 3.58. The van der Waals surface area contributed by atoms with Crippen molar-refractivity contribution in [1.82, 2.24) is 19.5 Å². The second-order valence-electron chi connectivity index (χ2n) is 4.06. The van der Waals surface area contributed by atoms with Crippen molar-refractivity contribution in [3.63, 3.8) is 0 Å². The Morgan fingerprint density at radius 2 is 2.30 bits per heavy atom. The number of hydrogen-bond acceptors (Lipinski definition) is 5. The molecule has 0 aromatic carbocycles. The van der Waals surface area contributed by atoms with Crippen LogP contribution in [0.5, 0.6) is 0 Å². The summed E-state index contributed by atoms with van der Waals surface area (Å²) in [5.41, 5.74) is 5.81. The second-order valence-corrected chi connectivity index (χ2v) is 5.54. The zero-order valence-electron chi connectivity index (χ0n) is 10.2. The summed E-state index contributed by atoms with van der Waals surface area (Å²) < 4.78 is 12.2. The fourth-order valence-corrected chi connectivity index (χ4v) is 1.97. The third kappa shape index (κ3) is 3.21. The molecule has 0 unspecified atom stereocenters. The van der Waals surface area contributed by atoms with E-state index in [2.05, 4.69) is 21.5 Å². The summed E-state index contributed by atoms with van der Waals surface area (Å²) in [4.78, 5) is 39.2. The van der Waals surface area contributed by atoms with Gasteiger partial charge in [0.15, 0.2) is 11.2 Å². The van der Waals surface area contributed by atoms with E-state index in [4.69, 9.17) is 15.5 Å². The molecule has 2 aromatic rings. The normalized spacial score (nSPS) is 12.3. The standard InChI is InChI=1S/C10H12N5O4P/c1-6(2-3-20(17,18)19)4-15-5-12-7-8(15)13-10(11)14-9(7)16/h2-3,5H,1,4H2,(H2,17,18,19)(H3,11,13,14,16)/b3-2+. The number of rotatable bonds is 4. The summed E-state index contributed by atoms with van der Waals surface area (Å²) >= 11 is 0. The molecule has 0 aliphatic rings. The van der Waals surface area contributed by atoms with E-state index in [0.29, 0.717) is 5.57 Å². The zero-order chi connectivity index (χ0) is 14.9. The Bertz CT molecular complexity index is 800. The number of H-pyrrole nitrogens is 1. The van der Waals surface area contributed by atoms with Gasteiger partial charge in [0.25, 0.3) is 5.56 Å². The first kappa shape index (κ1) is 14.2. The highest BCUT2D eigenvalue weighted by molar-refractivity contribution is 7.55. The van der Waals surface area contributed by atoms with Gasteiger partial charge >= 0.3 is 7.60 Å². The number of nitrogens with two attached hydrogens (primary N) is 1. The van der Waals surface area contributed by atoms with Gasteiger partial charge in [-0.05, 0) is 11.6 Å². The molecule has 0 amide bonds. The first-order chi connectivity index (χ1) is 9.26. The first-order valence-electron chi connectivity index (χ1n) is 5.39. The molecular formula is C10H12N5O4P. The zero-order valence-corrected chi connectivity index (χ0v) is 11.1. The largest absolute Gasteiger partial charge is 0.369 e. The molecule has 0 bridgehead atoms. The fraction of sp³-hybridized carbons (Fsp3) is 0.100. The van der Waals surface area contributed by atoms with E-state index >= 15 is 0 Å². The van der Waals surface area contributed by atoms with E-state index in [0.717, 1.165) is 5.82 Å². The number of aromatic nitrogens is 4. The van der Waals surface area contributed by atoms with Crippen molar-refractivity contribution >= 4 is 24.7 Å². The minimum Gasteiger partial charge on any atom is -0.369 e. The Hall–Kier alpha value is -2.22. The molecule has 2 aromatic heterocycles. The van der Waals surface area contributed by atoms with Gasteiger partial charge in [-0.25, -0.2) is 4.98 Å². The molecule has 2 heterocycles. The molecule has 2 rings (SSSR count). The quantitative estimate of drug-likeness (QED) is 0.457. The molecule has 0 radical (unpaired) electrons. The summed E-state index contributed by atoms with van der Waals surface area (Å²) in [6.45, 7) is 3.83. The van der Waals surface area contributed by atoms with Gasteiger partial charge in [-0.3, -0.25) is 14.3 Å². The Morgan fingerprint density at radius 1 is 1.60 bits per heavy atom. The molecule has 0 fully saturated rings. The number of nitrogens with one attached hydrogen (secondary N) is 1. The molecule has 5 N–H and O–H groups in total. The summed E-state index contributed by atoms with van der Waals surface area (Å²) in [6.07, 6.45) is 2.59. The predicted octanol–water partition coefficient (Wildman–Crippen LogP) is -0.0506. The second kappa shape index (κ2) is 5.04. The molecular weight excluding hydrogens is 285 g/mol. The van der Waals surface area contributed by atoms with E-state index in [1.54, 1.807) is 0 Å². The number of fused-ring (bicyclic) bond motifs is 1. The molecule has 0 saturated heterocycles. The number of hydrogen-bond donors (Lipinski definition) is 4. The maximum atomic E-state index is 11.6. The average molecular weight is 297 g/mol. The van der Waals surface area contributed by atoms with Crippen LogP contribution in [0.2, 0.25) is 0 Å². The number of anilines is 1. The highest BCUT2D eigenvalue weighted by Gasteiger charge is 2.10. The Morgan fingerprint density at radius 3 is 2.95 bits per heavy atom. The molecule has 0 aliphatic carbocycles. The molecule has 106 valence electrons. The summed E-state index contributed by atoms with van der Waals surface area (Å²) in [7, 11) is -4.23. The van der Waals surface area contributed by atoms with Crippen LogP contribution in [0.3, 0.4) is 0 Å². The lowest BCUT2D eigenvalue weighted by atomic mass is 10.3. The van der Waals surface area contributed by atoms with Gasteiger partial charge in [0.1, 0.15) is 0 Å².